The molecule has 1 aromatic carbocycles. The molecule has 19 heavy (non-hydrogen) atoms. The SMILES string of the molecule is O=C(OCc1ccccc1)N1CCC=C(/C=N/O)C1. The first-order valence-corrected chi connectivity index (χ1v) is 6.11. The molecular weight excluding hydrogens is 244 g/mol. The zero-order chi connectivity index (χ0) is 13.5. The van der Waals surface area contributed by atoms with Gasteiger partial charge in [0.2, 0.25) is 0 Å². The Kier molecular flexibility index (Phi) is 4.55. The number of carbonyl (C=O) groups excluding carboxylic acids is 1. The molecule has 1 amide bonds. The minimum atomic E-state index is -0.346. The first-order valence-electron chi connectivity index (χ1n) is 6.11. The molecule has 1 heterocycles. The normalized spacial score (nSPS) is 15.4. The van der Waals surface area contributed by atoms with Gasteiger partial charge in [0.1, 0.15) is 6.61 Å². The van der Waals surface area contributed by atoms with Gasteiger partial charge in [-0.3, -0.25) is 0 Å². The van der Waals surface area contributed by atoms with E-state index >= 15 is 0 Å². The van der Waals surface area contributed by atoms with Crippen LogP contribution in [0.15, 0.2) is 47.1 Å². The standard InChI is InChI=1S/C14H16N2O3/c17-14(19-11-12-5-2-1-3-6-12)16-8-4-7-13(10-16)9-15-18/h1-3,5-7,9,18H,4,8,10-11H2/b15-9+. The van der Waals surface area contributed by atoms with Crippen LogP contribution in [0, 0.1) is 0 Å². The lowest BCUT2D eigenvalue weighted by Crippen LogP contribution is -2.36. The van der Waals surface area contributed by atoms with Crippen LogP contribution in [-0.2, 0) is 11.3 Å². The van der Waals surface area contributed by atoms with Crippen LogP contribution in [0.5, 0.6) is 0 Å². The summed E-state index contributed by atoms with van der Waals surface area (Å²) in [6, 6.07) is 9.55. The molecule has 0 atom stereocenters. The molecule has 1 aliphatic rings. The van der Waals surface area contributed by atoms with Gasteiger partial charge in [0.05, 0.1) is 12.8 Å². The summed E-state index contributed by atoms with van der Waals surface area (Å²) < 4.78 is 5.25. The fraction of sp³-hybridized carbons (Fsp3) is 0.286. The smallest absolute Gasteiger partial charge is 0.410 e. The molecule has 1 N–H and O–H groups in total. The number of carbonyl (C=O) groups is 1. The number of rotatable bonds is 3. The third-order valence-electron chi connectivity index (χ3n) is 2.87. The molecule has 0 aliphatic carbocycles. The summed E-state index contributed by atoms with van der Waals surface area (Å²) in [5.41, 5.74) is 1.77. The lowest BCUT2D eigenvalue weighted by molar-refractivity contribution is 0.0989. The van der Waals surface area contributed by atoms with Gasteiger partial charge in [0.25, 0.3) is 0 Å². The summed E-state index contributed by atoms with van der Waals surface area (Å²) in [5.74, 6) is 0. The fourth-order valence-corrected chi connectivity index (χ4v) is 1.90. The largest absolute Gasteiger partial charge is 0.445 e. The summed E-state index contributed by atoms with van der Waals surface area (Å²) >= 11 is 0. The molecule has 0 unspecified atom stereocenters. The van der Waals surface area contributed by atoms with Crippen LogP contribution in [-0.4, -0.2) is 35.5 Å². The van der Waals surface area contributed by atoms with Gasteiger partial charge in [0.15, 0.2) is 0 Å². The van der Waals surface area contributed by atoms with Crippen molar-refractivity contribution in [2.24, 2.45) is 5.16 Å². The summed E-state index contributed by atoms with van der Waals surface area (Å²) in [4.78, 5) is 13.5. The molecule has 1 aromatic rings. The molecular formula is C14H16N2O3. The molecule has 0 aromatic heterocycles. The van der Waals surface area contributed by atoms with Gasteiger partial charge in [-0.05, 0) is 17.6 Å². The van der Waals surface area contributed by atoms with E-state index in [0.29, 0.717) is 13.1 Å². The maximum absolute atomic E-state index is 11.9. The molecule has 0 saturated carbocycles. The third-order valence-corrected chi connectivity index (χ3v) is 2.87. The molecule has 0 spiro atoms. The predicted octanol–water partition coefficient (Wildman–Crippen LogP) is 2.42. The van der Waals surface area contributed by atoms with Crippen molar-refractivity contribution in [2.45, 2.75) is 13.0 Å². The zero-order valence-corrected chi connectivity index (χ0v) is 10.5. The number of hydrogen-bond acceptors (Lipinski definition) is 4. The monoisotopic (exact) mass is 260 g/mol. The minimum Gasteiger partial charge on any atom is -0.445 e. The first-order chi connectivity index (χ1) is 9.29. The van der Waals surface area contributed by atoms with E-state index in [-0.39, 0.29) is 12.7 Å². The molecule has 0 radical (unpaired) electrons. The quantitative estimate of drug-likeness (QED) is 0.515. The van der Waals surface area contributed by atoms with E-state index in [1.807, 2.05) is 36.4 Å². The van der Waals surface area contributed by atoms with Crippen molar-refractivity contribution in [1.82, 2.24) is 4.90 Å². The van der Waals surface area contributed by atoms with Crippen LogP contribution in [0.25, 0.3) is 0 Å². The van der Waals surface area contributed by atoms with Crippen LogP contribution in [0.4, 0.5) is 4.79 Å². The maximum Gasteiger partial charge on any atom is 0.410 e. The van der Waals surface area contributed by atoms with Gasteiger partial charge in [-0.1, -0.05) is 41.6 Å². The number of benzene rings is 1. The lowest BCUT2D eigenvalue weighted by atomic mass is 10.1. The summed E-state index contributed by atoms with van der Waals surface area (Å²) in [5, 5.41) is 11.5. The molecule has 5 heteroatoms. The molecule has 0 saturated heterocycles. The van der Waals surface area contributed by atoms with Crippen LogP contribution < -0.4 is 0 Å². The molecule has 0 fully saturated rings. The first kappa shape index (κ1) is 13.1. The minimum absolute atomic E-state index is 0.267. The van der Waals surface area contributed by atoms with Gasteiger partial charge < -0.3 is 14.8 Å². The van der Waals surface area contributed by atoms with E-state index in [2.05, 4.69) is 5.16 Å². The highest BCUT2D eigenvalue weighted by atomic mass is 16.6. The van der Waals surface area contributed by atoms with Crippen molar-refractivity contribution < 1.29 is 14.7 Å². The van der Waals surface area contributed by atoms with Crippen LogP contribution in [0.1, 0.15) is 12.0 Å². The van der Waals surface area contributed by atoms with Crippen LogP contribution >= 0.6 is 0 Å². The summed E-state index contributed by atoms with van der Waals surface area (Å²) in [7, 11) is 0. The summed E-state index contributed by atoms with van der Waals surface area (Å²) in [6.07, 6.45) is 3.68. The van der Waals surface area contributed by atoms with E-state index < -0.39 is 0 Å². The third kappa shape index (κ3) is 3.84. The second kappa shape index (κ2) is 6.58. The Labute approximate surface area is 111 Å². The number of ether oxygens (including phenoxy) is 1. The van der Waals surface area contributed by atoms with Crippen molar-refractivity contribution in [3.05, 3.63) is 47.5 Å². The Balaban J connectivity index is 1.85. The Bertz CT molecular complexity index is 483. The molecule has 5 nitrogen and oxygen atoms in total. The van der Waals surface area contributed by atoms with Crippen LogP contribution in [0.2, 0.25) is 0 Å². The van der Waals surface area contributed by atoms with Gasteiger partial charge in [-0.25, -0.2) is 4.79 Å². The van der Waals surface area contributed by atoms with Gasteiger partial charge in [-0.2, -0.15) is 0 Å². The average Bonchev–Trinajstić information content (AvgIpc) is 2.46. The second-order valence-corrected chi connectivity index (χ2v) is 4.27. The Morgan fingerprint density at radius 1 is 1.42 bits per heavy atom. The molecule has 1 aliphatic heterocycles. The predicted molar refractivity (Wildman–Crippen MR) is 71.2 cm³/mol. The molecule has 2 rings (SSSR count). The number of oxime groups is 1. The Hall–Kier alpha value is -2.30. The number of amides is 1. The lowest BCUT2D eigenvalue weighted by Gasteiger charge is -2.25. The van der Waals surface area contributed by atoms with Crippen molar-refractivity contribution >= 4 is 12.3 Å². The zero-order valence-electron chi connectivity index (χ0n) is 10.5. The van der Waals surface area contributed by atoms with Crippen LogP contribution in [0.3, 0.4) is 0 Å². The molecule has 0 bridgehead atoms. The topological polar surface area (TPSA) is 62.1 Å². The highest BCUT2D eigenvalue weighted by molar-refractivity contribution is 5.80. The summed E-state index contributed by atoms with van der Waals surface area (Å²) in [6.45, 7) is 1.30. The maximum atomic E-state index is 11.9. The number of nitrogens with zero attached hydrogens (tertiary/aromatic N) is 2. The van der Waals surface area contributed by atoms with Gasteiger partial charge in [0, 0.05) is 6.54 Å². The van der Waals surface area contributed by atoms with E-state index in [1.165, 1.54) is 6.21 Å². The van der Waals surface area contributed by atoms with E-state index in [0.717, 1.165) is 17.6 Å². The van der Waals surface area contributed by atoms with E-state index in [1.54, 1.807) is 4.90 Å². The van der Waals surface area contributed by atoms with E-state index in [4.69, 9.17) is 9.94 Å². The highest BCUT2D eigenvalue weighted by Gasteiger charge is 2.18. The van der Waals surface area contributed by atoms with E-state index in [9.17, 15) is 4.79 Å². The van der Waals surface area contributed by atoms with Crippen molar-refractivity contribution in [2.75, 3.05) is 13.1 Å². The van der Waals surface area contributed by atoms with Gasteiger partial charge in [-0.15, -0.1) is 0 Å². The van der Waals surface area contributed by atoms with Crippen molar-refractivity contribution in [1.29, 1.82) is 0 Å². The number of hydrogen-bond donors (Lipinski definition) is 1. The molecule has 100 valence electrons. The fourth-order valence-electron chi connectivity index (χ4n) is 1.90. The van der Waals surface area contributed by atoms with Crippen molar-refractivity contribution in [3.63, 3.8) is 0 Å². The van der Waals surface area contributed by atoms with Gasteiger partial charge >= 0.3 is 6.09 Å². The van der Waals surface area contributed by atoms with Crippen molar-refractivity contribution in [3.8, 4) is 0 Å². The Morgan fingerprint density at radius 3 is 2.95 bits per heavy atom. The highest BCUT2D eigenvalue weighted by Crippen LogP contribution is 2.10. The average molecular weight is 260 g/mol. The Morgan fingerprint density at radius 2 is 2.21 bits per heavy atom. The second-order valence-electron chi connectivity index (χ2n) is 4.27.